The molecule has 2 heterocycles. The Balaban J connectivity index is 2.40. The van der Waals surface area contributed by atoms with E-state index >= 15 is 0 Å². The number of hydrazine groups is 1. The number of fused-ring (bicyclic) bond motifs is 1. The van der Waals surface area contributed by atoms with Gasteiger partial charge >= 0.3 is 0 Å². The van der Waals surface area contributed by atoms with Crippen molar-refractivity contribution in [1.29, 1.82) is 0 Å². The normalized spacial score (nSPS) is 20.2. The van der Waals surface area contributed by atoms with E-state index in [9.17, 15) is 4.79 Å². The summed E-state index contributed by atoms with van der Waals surface area (Å²) < 4.78 is 0. The van der Waals surface area contributed by atoms with E-state index in [-0.39, 0.29) is 5.78 Å². The SMILES string of the molecule is CC(=O)C1=C2C=CC=CN2NC1. The molecule has 3 nitrogen and oxygen atoms in total. The van der Waals surface area contributed by atoms with Crippen LogP contribution in [0.5, 0.6) is 0 Å². The number of ketones is 1. The second-order valence-corrected chi connectivity index (χ2v) is 2.83. The molecule has 0 fully saturated rings. The lowest BCUT2D eigenvalue weighted by atomic mass is 10.1. The molecule has 2 aliphatic heterocycles. The number of hydrogen-bond acceptors (Lipinski definition) is 3. The van der Waals surface area contributed by atoms with Gasteiger partial charge in [-0.1, -0.05) is 6.08 Å². The molecule has 0 saturated carbocycles. The van der Waals surface area contributed by atoms with Crippen molar-refractivity contribution < 1.29 is 4.79 Å². The van der Waals surface area contributed by atoms with Gasteiger partial charge in [0.2, 0.25) is 0 Å². The molecule has 1 N–H and O–H groups in total. The summed E-state index contributed by atoms with van der Waals surface area (Å²) in [7, 11) is 0. The lowest BCUT2D eigenvalue weighted by Crippen LogP contribution is -2.26. The van der Waals surface area contributed by atoms with Gasteiger partial charge in [0.05, 0.1) is 5.70 Å². The molecular formula is C9H10N2O. The Bertz CT molecular complexity index is 312. The molecule has 0 atom stereocenters. The average Bonchev–Trinajstić information content (AvgIpc) is 2.47. The summed E-state index contributed by atoms with van der Waals surface area (Å²) in [6.07, 6.45) is 7.71. The van der Waals surface area contributed by atoms with E-state index in [4.69, 9.17) is 0 Å². The Morgan fingerprint density at radius 3 is 3.17 bits per heavy atom. The topological polar surface area (TPSA) is 32.3 Å². The van der Waals surface area contributed by atoms with Crippen LogP contribution in [0, 0.1) is 0 Å². The standard InChI is InChI=1S/C9H10N2O/c1-7(12)8-6-10-11-5-3-2-4-9(8)11/h2-5,10H,6H2,1H3. The molecule has 0 aromatic rings. The number of allylic oxidation sites excluding steroid dienone is 3. The van der Waals surface area contributed by atoms with Crippen molar-refractivity contribution >= 4 is 5.78 Å². The fourth-order valence-electron chi connectivity index (χ4n) is 1.39. The van der Waals surface area contributed by atoms with Crippen molar-refractivity contribution in [2.45, 2.75) is 6.92 Å². The molecule has 12 heavy (non-hydrogen) atoms. The van der Waals surface area contributed by atoms with Crippen molar-refractivity contribution in [2.75, 3.05) is 6.54 Å². The first-order valence-corrected chi connectivity index (χ1v) is 3.91. The molecular weight excluding hydrogens is 152 g/mol. The summed E-state index contributed by atoms with van der Waals surface area (Å²) >= 11 is 0. The summed E-state index contributed by atoms with van der Waals surface area (Å²) in [6.45, 7) is 2.24. The van der Waals surface area contributed by atoms with Crippen LogP contribution in [0.15, 0.2) is 35.7 Å². The molecule has 62 valence electrons. The minimum Gasteiger partial charge on any atom is -0.295 e. The maximum Gasteiger partial charge on any atom is 0.159 e. The smallest absolute Gasteiger partial charge is 0.159 e. The largest absolute Gasteiger partial charge is 0.295 e. The molecule has 0 spiro atoms. The molecule has 0 radical (unpaired) electrons. The average molecular weight is 162 g/mol. The highest BCUT2D eigenvalue weighted by Crippen LogP contribution is 2.20. The Labute approximate surface area is 71.0 Å². The minimum absolute atomic E-state index is 0.139. The van der Waals surface area contributed by atoms with Gasteiger partial charge in [-0.15, -0.1) is 0 Å². The lowest BCUT2D eigenvalue weighted by Gasteiger charge is -2.16. The Morgan fingerprint density at radius 1 is 1.58 bits per heavy atom. The molecule has 0 saturated heterocycles. The molecule has 0 bridgehead atoms. The van der Waals surface area contributed by atoms with Gasteiger partial charge in [0.15, 0.2) is 5.78 Å². The maximum absolute atomic E-state index is 11.1. The zero-order chi connectivity index (χ0) is 8.55. The first kappa shape index (κ1) is 7.31. The number of hydrogen-bond donors (Lipinski definition) is 1. The highest BCUT2D eigenvalue weighted by molar-refractivity contribution is 5.95. The number of Topliss-reactive ketones (excluding diaryl/α,β-unsaturated/α-hetero) is 1. The number of rotatable bonds is 1. The second-order valence-electron chi connectivity index (χ2n) is 2.83. The van der Waals surface area contributed by atoms with Crippen LogP contribution in [0.4, 0.5) is 0 Å². The van der Waals surface area contributed by atoms with Crippen LogP contribution in [0.25, 0.3) is 0 Å². The number of nitrogens with zero attached hydrogens (tertiary/aromatic N) is 1. The summed E-state index contributed by atoms with van der Waals surface area (Å²) in [5, 5.41) is 1.87. The molecule has 0 unspecified atom stereocenters. The Hall–Kier alpha value is -1.35. The first-order chi connectivity index (χ1) is 5.79. The third kappa shape index (κ3) is 0.987. The quantitative estimate of drug-likeness (QED) is 0.617. The van der Waals surface area contributed by atoms with Crippen molar-refractivity contribution in [3.8, 4) is 0 Å². The van der Waals surface area contributed by atoms with Crippen molar-refractivity contribution in [2.24, 2.45) is 0 Å². The van der Waals surface area contributed by atoms with E-state index < -0.39 is 0 Å². The summed E-state index contributed by atoms with van der Waals surface area (Å²) in [5.41, 5.74) is 4.92. The van der Waals surface area contributed by atoms with E-state index in [1.54, 1.807) is 6.92 Å². The van der Waals surface area contributed by atoms with Crippen LogP contribution in [0.3, 0.4) is 0 Å². The van der Waals surface area contributed by atoms with E-state index in [0.717, 1.165) is 11.3 Å². The lowest BCUT2D eigenvalue weighted by molar-refractivity contribution is -0.113. The molecule has 0 amide bonds. The van der Waals surface area contributed by atoms with Crippen LogP contribution in [-0.4, -0.2) is 17.3 Å². The molecule has 0 aromatic carbocycles. The monoisotopic (exact) mass is 162 g/mol. The number of carbonyl (C=O) groups excluding carboxylic acids is 1. The minimum atomic E-state index is 0.139. The van der Waals surface area contributed by atoms with Crippen molar-refractivity contribution in [1.82, 2.24) is 10.4 Å². The van der Waals surface area contributed by atoms with Gasteiger partial charge in [-0.3, -0.25) is 9.80 Å². The molecule has 0 aliphatic carbocycles. The molecule has 2 aliphatic rings. The number of carbonyl (C=O) groups is 1. The number of nitrogens with one attached hydrogen (secondary N) is 1. The highest BCUT2D eigenvalue weighted by Gasteiger charge is 2.21. The van der Waals surface area contributed by atoms with E-state index in [2.05, 4.69) is 5.43 Å². The summed E-state index contributed by atoms with van der Waals surface area (Å²) in [6, 6.07) is 0. The van der Waals surface area contributed by atoms with Crippen molar-refractivity contribution in [3.63, 3.8) is 0 Å². The summed E-state index contributed by atoms with van der Waals surface area (Å²) in [5.74, 6) is 0.139. The zero-order valence-corrected chi connectivity index (χ0v) is 6.87. The maximum atomic E-state index is 11.1. The first-order valence-electron chi connectivity index (χ1n) is 3.91. The molecule has 0 aromatic heterocycles. The molecule has 2 rings (SSSR count). The van der Waals surface area contributed by atoms with Gasteiger partial charge in [-0.05, 0) is 19.1 Å². The van der Waals surface area contributed by atoms with Crippen LogP contribution in [0.1, 0.15) is 6.92 Å². The van der Waals surface area contributed by atoms with Crippen LogP contribution in [-0.2, 0) is 4.79 Å². The Morgan fingerprint density at radius 2 is 2.42 bits per heavy atom. The van der Waals surface area contributed by atoms with Gasteiger partial charge in [0.25, 0.3) is 0 Å². The zero-order valence-electron chi connectivity index (χ0n) is 6.87. The van der Waals surface area contributed by atoms with Crippen LogP contribution >= 0.6 is 0 Å². The van der Waals surface area contributed by atoms with E-state index in [1.165, 1.54) is 0 Å². The van der Waals surface area contributed by atoms with Gasteiger partial charge < -0.3 is 0 Å². The fraction of sp³-hybridized carbons (Fsp3) is 0.222. The third-order valence-corrected chi connectivity index (χ3v) is 2.02. The fourth-order valence-corrected chi connectivity index (χ4v) is 1.39. The van der Waals surface area contributed by atoms with Crippen molar-refractivity contribution in [3.05, 3.63) is 35.7 Å². The highest BCUT2D eigenvalue weighted by atomic mass is 16.1. The van der Waals surface area contributed by atoms with Crippen LogP contribution in [0.2, 0.25) is 0 Å². The van der Waals surface area contributed by atoms with Gasteiger partial charge in [0.1, 0.15) is 0 Å². The van der Waals surface area contributed by atoms with Crippen LogP contribution < -0.4 is 5.43 Å². The summed E-state index contributed by atoms with van der Waals surface area (Å²) in [4.78, 5) is 11.1. The van der Waals surface area contributed by atoms with Gasteiger partial charge in [-0.25, -0.2) is 5.43 Å². The second kappa shape index (κ2) is 2.60. The predicted octanol–water partition coefficient (Wildman–Crippen LogP) is 0.733. The van der Waals surface area contributed by atoms with E-state index in [0.29, 0.717) is 6.54 Å². The Kier molecular flexibility index (Phi) is 1.59. The van der Waals surface area contributed by atoms with Gasteiger partial charge in [0, 0.05) is 18.3 Å². The third-order valence-electron chi connectivity index (χ3n) is 2.02. The van der Waals surface area contributed by atoms with E-state index in [1.807, 2.05) is 29.4 Å². The molecule has 3 heteroatoms. The van der Waals surface area contributed by atoms with Gasteiger partial charge in [-0.2, -0.15) is 0 Å². The predicted molar refractivity (Wildman–Crippen MR) is 45.8 cm³/mol.